The maximum Gasteiger partial charge on any atom is 0.297 e. The van der Waals surface area contributed by atoms with Crippen LogP contribution in [0.2, 0.25) is 5.04 Å². The van der Waals surface area contributed by atoms with Crippen LogP contribution < -0.4 is 10.4 Å². The van der Waals surface area contributed by atoms with Crippen LogP contribution in [0.3, 0.4) is 0 Å². The molecule has 0 aliphatic heterocycles. The van der Waals surface area contributed by atoms with Gasteiger partial charge >= 0.3 is 0 Å². The van der Waals surface area contributed by atoms with Gasteiger partial charge in [0, 0.05) is 12.0 Å². The Bertz CT molecular complexity index is 1300. The summed E-state index contributed by atoms with van der Waals surface area (Å²) >= 11 is 0. The smallest absolute Gasteiger partial charge is 0.297 e. The summed E-state index contributed by atoms with van der Waals surface area (Å²) in [5, 5.41) is 2.38. The Labute approximate surface area is 236 Å². The molecule has 0 N–H and O–H groups in total. The molecule has 0 saturated carbocycles. The third kappa shape index (κ3) is 7.46. The molecule has 0 unspecified atom stereocenters. The van der Waals surface area contributed by atoms with E-state index in [1.807, 2.05) is 32.1 Å². The molecule has 0 amide bonds. The maximum absolute atomic E-state index is 12.7. The zero-order valence-corrected chi connectivity index (χ0v) is 25.9. The second kappa shape index (κ2) is 12.6. The fraction of sp³-hybridized carbons (Fsp3) is 0.333. The van der Waals surface area contributed by atoms with Crippen LogP contribution >= 0.6 is 0 Å². The molecule has 0 aliphatic rings. The number of aryl methyl sites for hydroxylation is 1. The van der Waals surface area contributed by atoms with Crippen molar-refractivity contribution in [2.45, 2.75) is 51.5 Å². The largest absolute Gasteiger partial charge is 0.407 e. The molecule has 0 fully saturated rings. The quantitative estimate of drug-likeness (QED) is 0.141. The monoisotopic (exact) mass is 562 g/mol. The van der Waals surface area contributed by atoms with Crippen molar-refractivity contribution in [3.05, 3.63) is 115 Å². The van der Waals surface area contributed by atoms with Crippen molar-refractivity contribution in [1.29, 1.82) is 0 Å². The number of rotatable bonds is 12. The third-order valence-electron chi connectivity index (χ3n) is 7.09. The number of hydrogen-bond donors (Lipinski definition) is 0. The highest BCUT2D eigenvalue weighted by atomic mass is 32.2. The summed E-state index contributed by atoms with van der Waals surface area (Å²) in [6, 6.07) is 27.8. The molecule has 4 nitrogen and oxygen atoms in total. The molecule has 0 bridgehead atoms. The Hall–Kier alpha value is -2.77. The molecule has 0 aliphatic carbocycles. The van der Waals surface area contributed by atoms with E-state index >= 15 is 0 Å². The molecule has 0 spiro atoms. The molecule has 0 aromatic heterocycles. The van der Waals surface area contributed by atoms with Gasteiger partial charge in [0.2, 0.25) is 0 Å². The van der Waals surface area contributed by atoms with Gasteiger partial charge in [0.1, 0.15) is 0 Å². The fourth-order valence-electron chi connectivity index (χ4n) is 4.61. The van der Waals surface area contributed by atoms with Crippen molar-refractivity contribution in [3.63, 3.8) is 0 Å². The van der Waals surface area contributed by atoms with Crippen molar-refractivity contribution in [2.24, 2.45) is 11.3 Å². The van der Waals surface area contributed by atoms with Gasteiger partial charge in [-0.25, -0.2) is 0 Å². The van der Waals surface area contributed by atoms with E-state index in [0.29, 0.717) is 6.61 Å². The predicted molar refractivity (Wildman–Crippen MR) is 164 cm³/mol. The second-order valence-electron chi connectivity index (χ2n) is 11.5. The average Bonchev–Trinajstić information content (AvgIpc) is 2.92. The lowest BCUT2D eigenvalue weighted by Gasteiger charge is -2.43. The minimum absolute atomic E-state index is 0.0362. The first kappa shape index (κ1) is 30.8. The summed E-state index contributed by atoms with van der Waals surface area (Å²) in [6.07, 6.45) is 5.77. The van der Waals surface area contributed by atoms with Crippen LogP contribution in [0.25, 0.3) is 0 Å². The molecule has 3 rings (SSSR count). The van der Waals surface area contributed by atoms with Crippen LogP contribution in [0.15, 0.2) is 115 Å². The molecule has 6 heteroatoms. The molecular formula is C33H42O4SSi. The molecule has 2 atom stereocenters. The Balaban J connectivity index is 1.79. The zero-order chi connectivity index (χ0) is 28.7. The van der Waals surface area contributed by atoms with Crippen LogP contribution in [-0.2, 0) is 18.7 Å². The topological polar surface area (TPSA) is 52.6 Å². The van der Waals surface area contributed by atoms with Gasteiger partial charge in [-0.1, -0.05) is 131 Å². The summed E-state index contributed by atoms with van der Waals surface area (Å²) in [6.45, 7) is 17.2. The standard InChI is InChI=1S/C33H42O4SSi/c1-8-33(7,26-36-38(34,35)29-21-19-27(2)20-22-29)24-23-28(3)25-37-39(32(4,5)6,30-15-11-9-12-16-30)31-17-13-10-14-18-31/h8-24,28H,1,25-26H2,2-7H3/b24-23+/t28-,33-/m0/s1. The lowest BCUT2D eigenvalue weighted by atomic mass is 9.90. The Morgan fingerprint density at radius 2 is 1.38 bits per heavy atom. The Kier molecular flexibility index (Phi) is 9.94. The van der Waals surface area contributed by atoms with Gasteiger partial charge in [-0.3, -0.25) is 4.18 Å². The highest BCUT2D eigenvalue weighted by Gasteiger charge is 2.50. The van der Waals surface area contributed by atoms with Crippen LogP contribution in [-0.4, -0.2) is 29.9 Å². The van der Waals surface area contributed by atoms with Crippen LogP contribution in [0.1, 0.15) is 40.2 Å². The van der Waals surface area contributed by atoms with E-state index in [4.69, 9.17) is 8.61 Å². The first-order valence-corrected chi connectivity index (χ1v) is 16.7. The molecule has 0 heterocycles. The van der Waals surface area contributed by atoms with Crippen LogP contribution in [0, 0.1) is 18.3 Å². The van der Waals surface area contributed by atoms with Crippen molar-refractivity contribution >= 4 is 28.8 Å². The van der Waals surface area contributed by atoms with E-state index in [1.54, 1.807) is 30.3 Å². The van der Waals surface area contributed by atoms with Gasteiger partial charge in [-0.05, 0) is 40.4 Å². The Morgan fingerprint density at radius 1 is 0.872 bits per heavy atom. The first-order chi connectivity index (χ1) is 18.3. The van der Waals surface area contributed by atoms with Crippen LogP contribution in [0.5, 0.6) is 0 Å². The van der Waals surface area contributed by atoms with E-state index in [1.165, 1.54) is 10.4 Å². The van der Waals surface area contributed by atoms with Gasteiger partial charge in [-0.2, -0.15) is 8.42 Å². The minimum atomic E-state index is -3.87. The first-order valence-electron chi connectivity index (χ1n) is 13.4. The molecule has 208 valence electrons. The average molecular weight is 563 g/mol. The summed E-state index contributed by atoms with van der Waals surface area (Å²) in [5.74, 6) is 0.0830. The summed E-state index contributed by atoms with van der Waals surface area (Å²) < 4.78 is 37.9. The summed E-state index contributed by atoms with van der Waals surface area (Å²) in [5.41, 5.74) is 0.325. The van der Waals surface area contributed by atoms with E-state index in [0.717, 1.165) is 5.56 Å². The molecule has 3 aromatic carbocycles. The highest BCUT2D eigenvalue weighted by molar-refractivity contribution is 7.86. The van der Waals surface area contributed by atoms with Crippen molar-refractivity contribution in [1.82, 2.24) is 0 Å². The molecule has 3 aromatic rings. The number of benzene rings is 3. The Morgan fingerprint density at radius 3 is 1.85 bits per heavy atom. The van der Waals surface area contributed by atoms with Gasteiger partial charge in [0.25, 0.3) is 18.4 Å². The second-order valence-corrected chi connectivity index (χ2v) is 17.5. The van der Waals surface area contributed by atoms with E-state index in [9.17, 15) is 8.42 Å². The minimum Gasteiger partial charge on any atom is -0.407 e. The number of hydrogen-bond acceptors (Lipinski definition) is 4. The van der Waals surface area contributed by atoms with Crippen molar-refractivity contribution in [3.8, 4) is 0 Å². The van der Waals surface area contributed by atoms with E-state index < -0.39 is 23.9 Å². The molecule has 39 heavy (non-hydrogen) atoms. The normalized spacial score (nSPS) is 15.1. The van der Waals surface area contributed by atoms with E-state index in [2.05, 4.69) is 88.9 Å². The molecule has 0 radical (unpaired) electrons. The fourth-order valence-corrected chi connectivity index (χ4v) is 10.3. The van der Waals surface area contributed by atoms with Gasteiger partial charge in [0.15, 0.2) is 0 Å². The zero-order valence-electron chi connectivity index (χ0n) is 24.1. The predicted octanol–water partition coefficient (Wildman–Crippen LogP) is 6.66. The summed E-state index contributed by atoms with van der Waals surface area (Å²) in [7, 11) is -6.50. The molecular weight excluding hydrogens is 521 g/mol. The van der Waals surface area contributed by atoms with Crippen molar-refractivity contribution < 1.29 is 17.0 Å². The highest BCUT2D eigenvalue weighted by Crippen LogP contribution is 2.37. The van der Waals surface area contributed by atoms with Gasteiger partial charge in [-0.15, -0.1) is 6.58 Å². The lowest BCUT2D eigenvalue weighted by Crippen LogP contribution is -2.66. The van der Waals surface area contributed by atoms with Crippen molar-refractivity contribution in [2.75, 3.05) is 13.2 Å². The maximum atomic E-state index is 12.7. The SMILES string of the molecule is C=C[C@@](C)(/C=C/[C@H](C)CO[Si](c1ccccc1)(c1ccccc1)C(C)(C)C)COS(=O)(=O)c1ccc(C)cc1. The summed E-state index contributed by atoms with van der Waals surface area (Å²) in [4.78, 5) is 0.149. The molecule has 0 saturated heterocycles. The third-order valence-corrected chi connectivity index (χ3v) is 13.4. The van der Waals surface area contributed by atoms with Gasteiger partial charge in [0.05, 0.1) is 11.5 Å². The lowest BCUT2D eigenvalue weighted by molar-refractivity contribution is 0.244. The van der Waals surface area contributed by atoms with E-state index in [-0.39, 0.29) is 22.5 Å². The van der Waals surface area contributed by atoms with Crippen LogP contribution in [0.4, 0.5) is 0 Å². The van der Waals surface area contributed by atoms with Gasteiger partial charge < -0.3 is 4.43 Å².